The van der Waals surface area contributed by atoms with Gasteiger partial charge in [0.1, 0.15) is 24.4 Å². The SMILES string of the molecule is OC[C@H]1O[C@H](C/C=C/CC(F)(F)C(F)(F)C(F)(F)C(F)(F)C(F)(F)C(F)(F)F)[C@H](O)[C@@H](O)[C@@H]1O. The van der Waals surface area contributed by atoms with E-state index in [0.29, 0.717) is 6.08 Å². The van der Waals surface area contributed by atoms with Crippen molar-refractivity contribution >= 4 is 0 Å². The van der Waals surface area contributed by atoms with E-state index in [9.17, 15) is 72.4 Å². The molecule has 0 saturated carbocycles. The number of aliphatic hydroxyl groups is 4. The summed E-state index contributed by atoms with van der Waals surface area (Å²) in [7, 11) is 0. The van der Waals surface area contributed by atoms with Gasteiger partial charge in [0, 0.05) is 6.42 Å². The highest BCUT2D eigenvalue weighted by Gasteiger charge is 2.90. The number of halogens is 13. The van der Waals surface area contributed by atoms with Crippen LogP contribution in [0, 0.1) is 0 Å². The Hall–Kier alpha value is -1.37. The molecule has 34 heavy (non-hydrogen) atoms. The summed E-state index contributed by atoms with van der Waals surface area (Å²) < 4.78 is 174. The van der Waals surface area contributed by atoms with Crippen LogP contribution in [0.1, 0.15) is 12.8 Å². The second kappa shape index (κ2) is 9.59. The predicted octanol–water partition coefficient (Wildman–Crippen LogP) is 2.90. The summed E-state index contributed by atoms with van der Waals surface area (Å²) in [6, 6.07) is 0. The van der Waals surface area contributed by atoms with E-state index >= 15 is 0 Å². The van der Waals surface area contributed by atoms with Gasteiger partial charge in [-0.2, -0.15) is 57.1 Å². The Morgan fingerprint density at radius 3 is 1.47 bits per heavy atom. The van der Waals surface area contributed by atoms with Crippen molar-refractivity contribution < 1.29 is 82.2 Å². The van der Waals surface area contributed by atoms with Crippen molar-refractivity contribution in [1.82, 2.24) is 0 Å². The van der Waals surface area contributed by atoms with Crippen LogP contribution in [0.3, 0.4) is 0 Å². The highest BCUT2D eigenvalue weighted by molar-refractivity contribution is 5.11. The molecule has 1 heterocycles. The van der Waals surface area contributed by atoms with Crippen LogP contribution in [0.5, 0.6) is 0 Å². The molecule has 4 N–H and O–H groups in total. The van der Waals surface area contributed by atoms with Crippen molar-refractivity contribution in [1.29, 1.82) is 0 Å². The number of hydrogen-bond acceptors (Lipinski definition) is 5. The molecule has 0 aromatic carbocycles. The van der Waals surface area contributed by atoms with Gasteiger partial charge in [-0.15, -0.1) is 0 Å². The average Bonchev–Trinajstić information content (AvgIpc) is 2.69. The quantitative estimate of drug-likeness (QED) is 0.269. The first-order valence-corrected chi connectivity index (χ1v) is 8.92. The van der Waals surface area contributed by atoms with Gasteiger partial charge in [0.05, 0.1) is 12.7 Å². The molecule has 5 atom stereocenters. The summed E-state index contributed by atoms with van der Waals surface area (Å²) in [6.07, 6.45) is -19.3. The minimum absolute atomic E-state index is 0.0779. The number of alkyl halides is 13. The van der Waals surface area contributed by atoms with Gasteiger partial charge in [0.2, 0.25) is 0 Å². The van der Waals surface area contributed by atoms with Crippen LogP contribution in [-0.4, -0.2) is 93.3 Å². The molecule has 0 radical (unpaired) electrons. The Morgan fingerprint density at radius 1 is 0.588 bits per heavy atom. The molecule has 1 saturated heterocycles. The van der Waals surface area contributed by atoms with Gasteiger partial charge in [-0.1, -0.05) is 12.2 Å². The van der Waals surface area contributed by atoms with E-state index in [4.69, 9.17) is 9.84 Å². The Bertz CT molecular complexity index is 723. The maximum atomic E-state index is 13.7. The van der Waals surface area contributed by atoms with Crippen LogP contribution in [0.2, 0.25) is 0 Å². The molecule has 1 fully saturated rings. The van der Waals surface area contributed by atoms with Gasteiger partial charge in [-0.3, -0.25) is 0 Å². The fourth-order valence-electron chi connectivity index (χ4n) is 2.77. The van der Waals surface area contributed by atoms with Crippen LogP contribution in [0.15, 0.2) is 12.2 Å². The molecule has 202 valence electrons. The fourth-order valence-corrected chi connectivity index (χ4v) is 2.77. The molecule has 0 aromatic rings. The summed E-state index contributed by atoms with van der Waals surface area (Å²) in [6.45, 7) is -0.915. The average molecular weight is 536 g/mol. The first-order chi connectivity index (χ1) is 15.0. The maximum absolute atomic E-state index is 13.7. The van der Waals surface area contributed by atoms with Crippen molar-refractivity contribution in [3.8, 4) is 0 Å². The third-order valence-electron chi connectivity index (χ3n) is 4.90. The number of aliphatic hydroxyl groups excluding tert-OH is 4. The minimum Gasteiger partial charge on any atom is -0.394 e. The Balaban J connectivity index is 3.05. The summed E-state index contributed by atoms with van der Waals surface area (Å²) in [5.41, 5.74) is 0. The van der Waals surface area contributed by atoms with Crippen molar-refractivity contribution in [3.63, 3.8) is 0 Å². The van der Waals surface area contributed by atoms with Crippen LogP contribution < -0.4 is 0 Å². The number of ether oxygens (including phenoxy) is 1. The molecule has 0 bridgehead atoms. The van der Waals surface area contributed by atoms with Crippen molar-refractivity contribution in [2.45, 2.75) is 79.2 Å². The monoisotopic (exact) mass is 536 g/mol. The molecule has 1 aliphatic rings. The van der Waals surface area contributed by atoms with E-state index in [1.54, 1.807) is 0 Å². The highest BCUT2D eigenvalue weighted by atomic mass is 19.4. The smallest absolute Gasteiger partial charge is 0.394 e. The van der Waals surface area contributed by atoms with Crippen LogP contribution >= 0.6 is 0 Å². The zero-order chi connectivity index (χ0) is 27.1. The molecule has 1 rings (SSSR count). The van der Waals surface area contributed by atoms with Crippen molar-refractivity contribution in [3.05, 3.63) is 12.2 Å². The highest BCUT2D eigenvalue weighted by Crippen LogP contribution is 2.60. The number of allylic oxidation sites excluding steroid dienone is 1. The molecule has 0 amide bonds. The summed E-state index contributed by atoms with van der Waals surface area (Å²) in [4.78, 5) is 0. The maximum Gasteiger partial charge on any atom is 0.460 e. The van der Waals surface area contributed by atoms with Gasteiger partial charge >= 0.3 is 35.8 Å². The molecule has 5 nitrogen and oxygen atoms in total. The predicted molar refractivity (Wildman–Crippen MR) is 82.9 cm³/mol. The first-order valence-electron chi connectivity index (χ1n) is 8.92. The topological polar surface area (TPSA) is 90.2 Å². The molecule has 0 aliphatic carbocycles. The van der Waals surface area contributed by atoms with Gasteiger partial charge in [-0.05, 0) is 6.42 Å². The van der Waals surface area contributed by atoms with Crippen molar-refractivity contribution in [2.24, 2.45) is 0 Å². The molecular formula is C16H17F13O5. The van der Waals surface area contributed by atoms with E-state index in [1.807, 2.05) is 0 Å². The molecule has 0 spiro atoms. The van der Waals surface area contributed by atoms with Gasteiger partial charge in [0.25, 0.3) is 0 Å². The van der Waals surface area contributed by atoms with Gasteiger partial charge < -0.3 is 25.2 Å². The molecule has 1 aliphatic heterocycles. The third kappa shape index (κ3) is 4.96. The Kier molecular flexibility index (Phi) is 8.65. The zero-order valence-electron chi connectivity index (χ0n) is 16.3. The van der Waals surface area contributed by atoms with Gasteiger partial charge in [0.15, 0.2) is 0 Å². The van der Waals surface area contributed by atoms with E-state index in [-0.39, 0.29) is 6.08 Å². The molecule has 0 aromatic heterocycles. The normalized spacial score (nSPS) is 28.6. The standard InChI is InChI=1S/C16H17F13O5/c17-11(18,4-2-1-3-6-8(31)10(33)9(32)7(5-30)34-6)12(19,20)13(21,22)14(23,24)15(25,26)16(27,28)29/h1-2,6-10,30-33H,3-5H2/b2-1+/t6-,7-,8+,9-,10-/m1/s1. The second-order valence-corrected chi connectivity index (χ2v) is 7.28. The van der Waals surface area contributed by atoms with E-state index in [0.717, 1.165) is 0 Å². The Labute approximate surface area is 181 Å². The molecule has 18 heteroatoms. The number of hydrogen-bond donors (Lipinski definition) is 4. The van der Waals surface area contributed by atoms with Gasteiger partial charge in [-0.25, -0.2) is 0 Å². The summed E-state index contributed by atoms with van der Waals surface area (Å²) >= 11 is 0. The van der Waals surface area contributed by atoms with Crippen molar-refractivity contribution in [2.75, 3.05) is 6.61 Å². The van der Waals surface area contributed by atoms with Crippen LogP contribution in [-0.2, 0) is 4.74 Å². The molecule has 0 unspecified atom stereocenters. The lowest BCUT2D eigenvalue weighted by Crippen LogP contribution is -2.70. The first kappa shape index (κ1) is 30.7. The third-order valence-corrected chi connectivity index (χ3v) is 4.90. The fraction of sp³-hybridized carbons (Fsp3) is 0.875. The van der Waals surface area contributed by atoms with E-state index < -0.39 is 85.8 Å². The lowest BCUT2D eigenvalue weighted by Gasteiger charge is -2.40. The molecular weight excluding hydrogens is 519 g/mol. The van der Waals surface area contributed by atoms with Crippen LogP contribution in [0.25, 0.3) is 0 Å². The van der Waals surface area contributed by atoms with E-state index in [2.05, 4.69) is 0 Å². The zero-order valence-corrected chi connectivity index (χ0v) is 16.3. The van der Waals surface area contributed by atoms with E-state index in [1.165, 1.54) is 0 Å². The minimum atomic E-state index is -7.98. The summed E-state index contributed by atoms with van der Waals surface area (Å²) in [5, 5.41) is 37.7. The van der Waals surface area contributed by atoms with Crippen LogP contribution in [0.4, 0.5) is 57.1 Å². The summed E-state index contributed by atoms with van der Waals surface area (Å²) in [5.74, 6) is -37.4. The Morgan fingerprint density at radius 2 is 1.03 bits per heavy atom. The second-order valence-electron chi connectivity index (χ2n) is 7.28. The number of rotatable bonds is 9. The largest absolute Gasteiger partial charge is 0.460 e. The lowest BCUT2D eigenvalue weighted by molar-refractivity contribution is -0.439. The lowest BCUT2D eigenvalue weighted by atomic mass is 9.92.